The molecule has 2 heterocycles. The topological polar surface area (TPSA) is 74.7 Å². The minimum atomic E-state index is 0.135. The summed E-state index contributed by atoms with van der Waals surface area (Å²) in [6.45, 7) is 1.05. The Balaban J connectivity index is 1.98. The molecule has 1 aliphatic heterocycles. The van der Waals surface area contributed by atoms with Crippen molar-refractivity contribution in [3.05, 3.63) is 23.9 Å². The molecule has 2 unspecified atom stereocenters. The summed E-state index contributed by atoms with van der Waals surface area (Å²) in [6, 6.07) is 4.24. The number of rotatable bonds is 2. The van der Waals surface area contributed by atoms with Crippen molar-refractivity contribution in [2.24, 2.45) is 16.8 Å². The predicted octanol–water partition coefficient (Wildman–Crippen LogP) is 1.16. The SMILES string of the molecule is NC(=NO)c1cccnc1N1CC2CCC1C2. The quantitative estimate of drug-likeness (QED) is 0.347. The number of oxime groups is 1. The number of piperidine rings is 1. The fourth-order valence-corrected chi connectivity index (χ4v) is 3.06. The molecule has 0 amide bonds. The first kappa shape index (κ1) is 10.4. The maximum absolute atomic E-state index is 8.80. The Hall–Kier alpha value is -1.78. The highest BCUT2D eigenvalue weighted by atomic mass is 16.4. The lowest BCUT2D eigenvalue weighted by molar-refractivity contribution is 0.318. The summed E-state index contributed by atoms with van der Waals surface area (Å²) in [6.07, 6.45) is 5.57. The number of hydrogen-bond acceptors (Lipinski definition) is 4. The molecule has 2 atom stereocenters. The van der Waals surface area contributed by atoms with Crippen LogP contribution in [0, 0.1) is 5.92 Å². The molecule has 3 rings (SSSR count). The first-order valence-corrected chi connectivity index (χ1v) is 5.99. The molecular formula is C12H16N4O. The smallest absolute Gasteiger partial charge is 0.173 e. The van der Waals surface area contributed by atoms with Crippen molar-refractivity contribution in [1.29, 1.82) is 0 Å². The highest BCUT2D eigenvalue weighted by Crippen LogP contribution is 2.40. The minimum absolute atomic E-state index is 0.135. The molecule has 5 nitrogen and oxygen atoms in total. The van der Waals surface area contributed by atoms with E-state index in [0.717, 1.165) is 23.8 Å². The van der Waals surface area contributed by atoms with Crippen molar-refractivity contribution in [3.8, 4) is 0 Å². The van der Waals surface area contributed by atoms with Crippen molar-refractivity contribution in [1.82, 2.24) is 4.98 Å². The van der Waals surface area contributed by atoms with E-state index < -0.39 is 0 Å². The van der Waals surface area contributed by atoms with E-state index in [-0.39, 0.29) is 5.84 Å². The summed E-state index contributed by atoms with van der Waals surface area (Å²) in [5, 5.41) is 11.9. The maximum atomic E-state index is 8.80. The van der Waals surface area contributed by atoms with E-state index >= 15 is 0 Å². The molecule has 0 radical (unpaired) electrons. The van der Waals surface area contributed by atoms with Crippen molar-refractivity contribution in [3.63, 3.8) is 0 Å². The Bertz CT molecular complexity index is 460. The van der Waals surface area contributed by atoms with Crippen LogP contribution in [0.1, 0.15) is 24.8 Å². The van der Waals surface area contributed by atoms with E-state index in [1.54, 1.807) is 6.20 Å². The Kier molecular flexibility index (Phi) is 2.39. The van der Waals surface area contributed by atoms with Crippen molar-refractivity contribution >= 4 is 11.7 Å². The van der Waals surface area contributed by atoms with Crippen LogP contribution in [0.5, 0.6) is 0 Å². The third-order valence-electron chi connectivity index (χ3n) is 3.85. The molecule has 1 saturated carbocycles. The van der Waals surface area contributed by atoms with Crippen LogP contribution in [0.15, 0.2) is 23.5 Å². The van der Waals surface area contributed by atoms with Gasteiger partial charge in [0.2, 0.25) is 0 Å². The normalized spacial score (nSPS) is 27.8. The zero-order valence-electron chi connectivity index (χ0n) is 9.58. The molecule has 2 fully saturated rings. The first-order chi connectivity index (χ1) is 8.29. The standard InChI is InChI=1S/C12H16N4O/c13-11(15-17)10-2-1-5-14-12(10)16-7-8-3-4-9(16)6-8/h1-2,5,8-9,17H,3-4,6-7H2,(H2,13,15). The van der Waals surface area contributed by atoms with Crippen LogP contribution in [0.2, 0.25) is 0 Å². The number of aromatic nitrogens is 1. The number of anilines is 1. The van der Waals surface area contributed by atoms with Crippen molar-refractivity contribution in [2.45, 2.75) is 25.3 Å². The van der Waals surface area contributed by atoms with E-state index in [1.165, 1.54) is 19.3 Å². The van der Waals surface area contributed by atoms with E-state index in [2.05, 4.69) is 15.0 Å². The Morgan fingerprint density at radius 1 is 1.53 bits per heavy atom. The molecule has 0 aromatic carbocycles. The number of nitrogens with two attached hydrogens (primary N) is 1. The number of nitrogens with zero attached hydrogens (tertiary/aromatic N) is 3. The fourth-order valence-electron chi connectivity index (χ4n) is 3.06. The van der Waals surface area contributed by atoms with E-state index in [0.29, 0.717) is 6.04 Å². The molecule has 17 heavy (non-hydrogen) atoms. The van der Waals surface area contributed by atoms with E-state index in [4.69, 9.17) is 10.9 Å². The van der Waals surface area contributed by atoms with Gasteiger partial charge in [-0.15, -0.1) is 0 Å². The molecule has 2 bridgehead atoms. The number of amidine groups is 1. The maximum Gasteiger partial charge on any atom is 0.173 e. The zero-order chi connectivity index (χ0) is 11.8. The van der Waals surface area contributed by atoms with E-state index in [9.17, 15) is 0 Å². The van der Waals surface area contributed by atoms with Gasteiger partial charge in [0.25, 0.3) is 0 Å². The molecular weight excluding hydrogens is 216 g/mol. The Morgan fingerprint density at radius 2 is 2.41 bits per heavy atom. The molecule has 5 heteroatoms. The van der Waals surface area contributed by atoms with Gasteiger partial charge in [-0.05, 0) is 37.3 Å². The second kappa shape index (κ2) is 3.91. The molecule has 1 saturated heterocycles. The van der Waals surface area contributed by atoms with Gasteiger partial charge in [-0.2, -0.15) is 0 Å². The van der Waals surface area contributed by atoms with Crippen LogP contribution in [-0.2, 0) is 0 Å². The number of fused-ring (bicyclic) bond motifs is 2. The second-order valence-electron chi connectivity index (χ2n) is 4.85. The third kappa shape index (κ3) is 1.62. The highest BCUT2D eigenvalue weighted by molar-refractivity contribution is 6.01. The molecule has 1 aliphatic carbocycles. The van der Waals surface area contributed by atoms with Crippen molar-refractivity contribution in [2.75, 3.05) is 11.4 Å². The lowest BCUT2D eigenvalue weighted by Gasteiger charge is -2.29. The molecule has 3 N–H and O–H groups in total. The monoisotopic (exact) mass is 232 g/mol. The van der Waals surface area contributed by atoms with Crippen LogP contribution in [-0.4, -0.2) is 28.6 Å². The van der Waals surface area contributed by atoms with Gasteiger partial charge in [0.15, 0.2) is 5.84 Å². The summed E-state index contributed by atoms with van der Waals surface area (Å²) in [4.78, 5) is 6.71. The summed E-state index contributed by atoms with van der Waals surface area (Å²) >= 11 is 0. The molecule has 0 spiro atoms. The average Bonchev–Trinajstić information content (AvgIpc) is 3.00. The zero-order valence-corrected chi connectivity index (χ0v) is 9.58. The predicted molar refractivity (Wildman–Crippen MR) is 65.2 cm³/mol. The number of hydrogen-bond donors (Lipinski definition) is 2. The molecule has 1 aromatic heterocycles. The minimum Gasteiger partial charge on any atom is -0.409 e. The molecule has 1 aromatic rings. The fraction of sp³-hybridized carbons (Fsp3) is 0.500. The van der Waals surface area contributed by atoms with Crippen LogP contribution in [0.25, 0.3) is 0 Å². The van der Waals surface area contributed by atoms with Crippen LogP contribution < -0.4 is 10.6 Å². The average molecular weight is 232 g/mol. The lowest BCUT2D eigenvalue weighted by atomic mass is 10.1. The van der Waals surface area contributed by atoms with Crippen molar-refractivity contribution < 1.29 is 5.21 Å². The van der Waals surface area contributed by atoms with Crippen LogP contribution in [0.3, 0.4) is 0 Å². The largest absolute Gasteiger partial charge is 0.409 e. The molecule has 90 valence electrons. The van der Waals surface area contributed by atoms with E-state index in [1.807, 2.05) is 12.1 Å². The summed E-state index contributed by atoms with van der Waals surface area (Å²) in [7, 11) is 0. The summed E-state index contributed by atoms with van der Waals surface area (Å²) in [5.41, 5.74) is 6.42. The van der Waals surface area contributed by atoms with Gasteiger partial charge < -0.3 is 15.8 Å². The van der Waals surface area contributed by atoms with Crippen LogP contribution >= 0.6 is 0 Å². The van der Waals surface area contributed by atoms with Gasteiger partial charge in [0.1, 0.15) is 5.82 Å². The first-order valence-electron chi connectivity index (χ1n) is 5.99. The second-order valence-corrected chi connectivity index (χ2v) is 4.85. The van der Waals surface area contributed by atoms with Gasteiger partial charge in [-0.3, -0.25) is 0 Å². The molecule has 2 aliphatic rings. The van der Waals surface area contributed by atoms with Gasteiger partial charge in [0.05, 0.1) is 5.56 Å². The highest BCUT2D eigenvalue weighted by Gasteiger charge is 2.39. The number of pyridine rings is 1. The third-order valence-corrected chi connectivity index (χ3v) is 3.85. The summed E-state index contributed by atoms with van der Waals surface area (Å²) in [5.74, 6) is 1.79. The van der Waals surface area contributed by atoms with Gasteiger partial charge in [-0.1, -0.05) is 5.16 Å². The van der Waals surface area contributed by atoms with Gasteiger partial charge >= 0.3 is 0 Å². The lowest BCUT2D eigenvalue weighted by Crippen LogP contribution is -2.34. The Labute approximate surface area is 99.9 Å². The van der Waals surface area contributed by atoms with Gasteiger partial charge in [0, 0.05) is 18.8 Å². The van der Waals surface area contributed by atoms with Gasteiger partial charge in [-0.25, -0.2) is 4.98 Å². The summed E-state index contributed by atoms with van der Waals surface area (Å²) < 4.78 is 0. The Morgan fingerprint density at radius 3 is 3.06 bits per heavy atom. The van der Waals surface area contributed by atoms with Crippen LogP contribution in [0.4, 0.5) is 5.82 Å².